The van der Waals surface area contributed by atoms with Crippen LogP contribution in [0, 0.1) is 0 Å². The maximum atomic E-state index is 12.1. The van der Waals surface area contributed by atoms with E-state index in [1.807, 2.05) is 17.0 Å². The van der Waals surface area contributed by atoms with Gasteiger partial charge >= 0.3 is 0 Å². The predicted molar refractivity (Wildman–Crippen MR) is 68.5 cm³/mol. The Hall–Kier alpha value is -1.75. The number of nitrogen functional groups attached to an aromatic ring is 1. The van der Waals surface area contributed by atoms with Crippen molar-refractivity contribution in [3.8, 4) is 5.75 Å². The third kappa shape index (κ3) is 2.92. The van der Waals surface area contributed by atoms with Gasteiger partial charge in [0.2, 0.25) is 5.91 Å². The van der Waals surface area contributed by atoms with E-state index in [1.54, 1.807) is 13.2 Å². The van der Waals surface area contributed by atoms with Crippen molar-refractivity contribution in [2.75, 3.05) is 39.1 Å². The van der Waals surface area contributed by atoms with Crippen LogP contribution in [-0.2, 0) is 16.0 Å². The number of anilines is 1. The van der Waals surface area contributed by atoms with E-state index >= 15 is 0 Å². The zero-order chi connectivity index (χ0) is 13.0. The number of carbonyl (C=O) groups is 1. The smallest absolute Gasteiger partial charge is 0.227 e. The number of benzene rings is 1. The Balaban J connectivity index is 2.02. The number of nitrogens with zero attached hydrogens (tertiary/aromatic N) is 1. The third-order valence-electron chi connectivity index (χ3n) is 3.02. The first-order valence-corrected chi connectivity index (χ1v) is 5.98. The van der Waals surface area contributed by atoms with E-state index in [-0.39, 0.29) is 5.91 Å². The molecule has 98 valence electrons. The Kier molecular flexibility index (Phi) is 4.04. The lowest BCUT2D eigenvalue weighted by Gasteiger charge is -2.27. The van der Waals surface area contributed by atoms with Gasteiger partial charge in [-0.25, -0.2) is 0 Å². The van der Waals surface area contributed by atoms with Gasteiger partial charge in [0.1, 0.15) is 5.75 Å². The zero-order valence-electron chi connectivity index (χ0n) is 10.5. The molecule has 1 aliphatic heterocycles. The maximum Gasteiger partial charge on any atom is 0.227 e. The summed E-state index contributed by atoms with van der Waals surface area (Å²) in [7, 11) is 1.57. The number of hydrogen-bond donors (Lipinski definition) is 1. The van der Waals surface area contributed by atoms with Crippen LogP contribution >= 0.6 is 0 Å². The highest BCUT2D eigenvalue weighted by Crippen LogP contribution is 2.22. The topological polar surface area (TPSA) is 64.8 Å². The Morgan fingerprint density at radius 2 is 2.17 bits per heavy atom. The summed E-state index contributed by atoms with van der Waals surface area (Å²) in [6.45, 7) is 2.59. The van der Waals surface area contributed by atoms with Crippen molar-refractivity contribution in [3.63, 3.8) is 0 Å². The summed E-state index contributed by atoms with van der Waals surface area (Å²) in [5.74, 6) is 0.729. The molecule has 1 aromatic carbocycles. The van der Waals surface area contributed by atoms with Crippen LogP contribution in [0.1, 0.15) is 5.56 Å². The van der Waals surface area contributed by atoms with Crippen molar-refractivity contribution in [2.24, 2.45) is 0 Å². The van der Waals surface area contributed by atoms with Gasteiger partial charge in [0.15, 0.2) is 0 Å². The van der Waals surface area contributed by atoms with Crippen LogP contribution in [0.15, 0.2) is 18.2 Å². The van der Waals surface area contributed by atoms with Crippen LogP contribution in [-0.4, -0.2) is 44.2 Å². The largest absolute Gasteiger partial charge is 0.495 e. The van der Waals surface area contributed by atoms with Gasteiger partial charge < -0.3 is 20.1 Å². The van der Waals surface area contributed by atoms with E-state index in [0.29, 0.717) is 44.2 Å². The Bertz CT molecular complexity index is 428. The average Bonchev–Trinajstić information content (AvgIpc) is 2.42. The SMILES string of the molecule is COc1cc(CC(=O)N2CCOCC2)ccc1N. The molecule has 18 heavy (non-hydrogen) atoms. The molecule has 0 aliphatic carbocycles. The minimum absolute atomic E-state index is 0.116. The van der Waals surface area contributed by atoms with Crippen LogP contribution < -0.4 is 10.5 Å². The molecule has 0 aromatic heterocycles. The Morgan fingerprint density at radius 3 is 2.83 bits per heavy atom. The number of methoxy groups -OCH3 is 1. The molecule has 5 heteroatoms. The molecule has 1 heterocycles. The van der Waals surface area contributed by atoms with Crippen molar-refractivity contribution in [1.82, 2.24) is 4.90 Å². The van der Waals surface area contributed by atoms with Crippen molar-refractivity contribution in [3.05, 3.63) is 23.8 Å². The summed E-state index contributed by atoms with van der Waals surface area (Å²) in [5, 5.41) is 0. The standard InChI is InChI=1S/C13H18N2O3/c1-17-12-8-10(2-3-11(12)14)9-13(16)15-4-6-18-7-5-15/h2-3,8H,4-7,9,14H2,1H3. The Morgan fingerprint density at radius 1 is 1.44 bits per heavy atom. The number of rotatable bonds is 3. The molecule has 0 radical (unpaired) electrons. The highest BCUT2D eigenvalue weighted by atomic mass is 16.5. The summed E-state index contributed by atoms with van der Waals surface area (Å²) in [4.78, 5) is 13.9. The molecule has 5 nitrogen and oxygen atoms in total. The lowest BCUT2D eigenvalue weighted by Crippen LogP contribution is -2.41. The lowest BCUT2D eigenvalue weighted by atomic mass is 10.1. The van der Waals surface area contributed by atoms with Gasteiger partial charge in [-0.05, 0) is 17.7 Å². The van der Waals surface area contributed by atoms with Gasteiger partial charge in [-0.2, -0.15) is 0 Å². The number of hydrogen-bond acceptors (Lipinski definition) is 4. The van der Waals surface area contributed by atoms with Crippen molar-refractivity contribution in [2.45, 2.75) is 6.42 Å². The molecule has 0 saturated carbocycles. The van der Waals surface area contributed by atoms with Crippen LogP contribution in [0.5, 0.6) is 5.75 Å². The van der Waals surface area contributed by atoms with E-state index in [0.717, 1.165) is 5.56 Å². The molecule has 2 N–H and O–H groups in total. The van der Waals surface area contributed by atoms with E-state index < -0.39 is 0 Å². The molecular formula is C13H18N2O3. The summed E-state index contributed by atoms with van der Waals surface area (Å²) in [5.41, 5.74) is 7.23. The first-order valence-electron chi connectivity index (χ1n) is 5.98. The number of amides is 1. The molecule has 1 aliphatic rings. The van der Waals surface area contributed by atoms with Gasteiger partial charge in [0.25, 0.3) is 0 Å². The number of carbonyl (C=O) groups excluding carboxylic acids is 1. The fourth-order valence-corrected chi connectivity index (χ4v) is 1.96. The monoisotopic (exact) mass is 250 g/mol. The summed E-state index contributed by atoms with van der Waals surface area (Å²) < 4.78 is 10.4. The molecule has 0 atom stereocenters. The van der Waals surface area contributed by atoms with E-state index in [9.17, 15) is 4.79 Å². The van der Waals surface area contributed by atoms with Gasteiger partial charge in [0.05, 0.1) is 32.4 Å². The van der Waals surface area contributed by atoms with Crippen molar-refractivity contribution in [1.29, 1.82) is 0 Å². The van der Waals surface area contributed by atoms with Crippen LogP contribution in [0.4, 0.5) is 5.69 Å². The summed E-state index contributed by atoms with van der Waals surface area (Å²) in [6.07, 6.45) is 0.372. The third-order valence-corrected chi connectivity index (χ3v) is 3.02. The van der Waals surface area contributed by atoms with Crippen LogP contribution in [0.25, 0.3) is 0 Å². The highest BCUT2D eigenvalue weighted by Gasteiger charge is 2.17. The van der Waals surface area contributed by atoms with Gasteiger partial charge in [-0.1, -0.05) is 6.07 Å². The first-order chi connectivity index (χ1) is 8.70. The molecule has 2 rings (SSSR count). The lowest BCUT2D eigenvalue weighted by molar-refractivity contribution is -0.134. The van der Waals surface area contributed by atoms with Crippen molar-refractivity contribution < 1.29 is 14.3 Å². The van der Waals surface area contributed by atoms with Gasteiger partial charge in [0, 0.05) is 13.1 Å². The second kappa shape index (κ2) is 5.73. The molecule has 1 amide bonds. The normalized spacial score (nSPS) is 15.5. The predicted octanol–water partition coefficient (Wildman–Crippen LogP) is 0.679. The fourth-order valence-electron chi connectivity index (χ4n) is 1.96. The van der Waals surface area contributed by atoms with Crippen molar-refractivity contribution >= 4 is 11.6 Å². The molecule has 0 bridgehead atoms. The molecule has 1 saturated heterocycles. The molecule has 1 aromatic rings. The number of ether oxygens (including phenoxy) is 2. The molecular weight excluding hydrogens is 232 g/mol. The fraction of sp³-hybridized carbons (Fsp3) is 0.462. The van der Waals surface area contributed by atoms with Gasteiger partial charge in [-0.15, -0.1) is 0 Å². The van der Waals surface area contributed by atoms with Gasteiger partial charge in [-0.3, -0.25) is 4.79 Å². The van der Waals surface area contributed by atoms with E-state index in [1.165, 1.54) is 0 Å². The zero-order valence-corrected chi connectivity index (χ0v) is 10.5. The quantitative estimate of drug-likeness (QED) is 0.801. The minimum atomic E-state index is 0.116. The maximum absolute atomic E-state index is 12.1. The van der Waals surface area contributed by atoms with Crippen LogP contribution in [0.3, 0.4) is 0 Å². The number of nitrogens with two attached hydrogens (primary N) is 1. The first kappa shape index (κ1) is 12.7. The molecule has 0 unspecified atom stereocenters. The second-order valence-corrected chi connectivity index (χ2v) is 4.25. The van der Waals surface area contributed by atoms with Crippen LogP contribution in [0.2, 0.25) is 0 Å². The minimum Gasteiger partial charge on any atom is -0.495 e. The molecule has 1 fully saturated rings. The molecule has 0 spiro atoms. The second-order valence-electron chi connectivity index (χ2n) is 4.25. The Labute approximate surface area is 106 Å². The van der Waals surface area contributed by atoms with E-state index in [2.05, 4.69) is 0 Å². The highest BCUT2D eigenvalue weighted by molar-refractivity contribution is 5.79. The summed E-state index contributed by atoms with van der Waals surface area (Å²) >= 11 is 0. The van der Waals surface area contributed by atoms with E-state index in [4.69, 9.17) is 15.2 Å². The average molecular weight is 250 g/mol. The number of morpholine rings is 1. The summed E-state index contributed by atoms with van der Waals surface area (Å²) in [6, 6.07) is 5.44.